The summed E-state index contributed by atoms with van der Waals surface area (Å²) in [4.78, 5) is 0. The molecule has 1 nitrogen and oxygen atoms in total. The van der Waals surface area contributed by atoms with Gasteiger partial charge in [-0.3, -0.25) is 0 Å². The predicted octanol–water partition coefficient (Wildman–Crippen LogP) is 2.80. The van der Waals surface area contributed by atoms with Crippen molar-refractivity contribution < 1.29 is 0 Å². The van der Waals surface area contributed by atoms with Gasteiger partial charge in [0.05, 0.1) is 0 Å². The highest BCUT2D eigenvalue weighted by molar-refractivity contribution is 14.1. The molecule has 0 bridgehead atoms. The average Bonchev–Trinajstić information content (AvgIpc) is 1.97. The van der Waals surface area contributed by atoms with E-state index < -0.39 is 0 Å². The summed E-state index contributed by atoms with van der Waals surface area (Å²) in [5.41, 5.74) is 10.6. The SMILES string of the molecule is Cc1cc(C)c(N)c(I)c1C. The minimum absolute atomic E-state index is 0.925. The first-order chi connectivity index (χ1) is 5.04. The van der Waals surface area contributed by atoms with Gasteiger partial charge >= 0.3 is 0 Å². The Labute approximate surface area is 81.1 Å². The molecular formula is C9H12IN. The van der Waals surface area contributed by atoms with Crippen LogP contribution in [0.1, 0.15) is 16.7 Å². The summed E-state index contributed by atoms with van der Waals surface area (Å²) >= 11 is 2.30. The van der Waals surface area contributed by atoms with E-state index >= 15 is 0 Å². The molecule has 1 aromatic carbocycles. The van der Waals surface area contributed by atoms with Crippen molar-refractivity contribution in [3.8, 4) is 0 Å². The Morgan fingerprint density at radius 3 is 2.27 bits per heavy atom. The number of hydrogen-bond acceptors (Lipinski definition) is 1. The van der Waals surface area contributed by atoms with Crippen molar-refractivity contribution in [1.29, 1.82) is 0 Å². The number of aryl methyl sites for hydroxylation is 2. The number of hydrogen-bond donors (Lipinski definition) is 1. The second-order valence-corrected chi connectivity index (χ2v) is 3.94. The molecule has 1 aromatic rings. The summed E-state index contributed by atoms with van der Waals surface area (Å²) < 4.78 is 1.19. The third-order valence-corrected chi connectivity index (χ3v) is 3.41. The van der Waals surface area contributed by atoms with E-state index in [0.717, 1.165) is 5.69 Å². The molecule has 0 radical (unpaired) electrons. The third kappa shape index (κ3) is 1.50. The van der Waals surface area contributed by atoms with Crippen molar-refractivity contribution in [3.05, 3.63) is 26.3 Å². The average molecular weight is 261 g/mol. The molecule has 0 aliphatic heterocycles. The molecule has 0 aliphatic carbocycles. The monoisotopic (exact) mass is 261 g/mol. The van der Waals surface area contributed by atoms with E-state index in [1.54, 1.807) is 0 Å². The van der Waals surface area contributed by atoms with E-state index in [9.17, 15) is 0 Å². The highest BCUT2D eigenvalue weighted by Crippen LogP contribution is 2.25. The fourth-order valence-electron chi connectivity index (χ4n) is 1.06. The molecule has 0 atom stereocenters. The van der Waals surface area contributed by atoms with Crippen LogP contribution in [-0.2, 0) is 0 Å². The Balaban J connectivity index is 3.46. The van der Waals surface area contributed by atoms with Crippen LogP contribution >= 0.6 is 22.6 Å². The van der Waals surface area contributed by atoms with Crippen LogP contribution in [-0.4, -0.2) is 0 Å². The van der Waals surface area contributed by atoms with Gasteiger partial charge in [0.1, 0.15) is 0 Å². The summed E-state index contributed by atoms with van der Waals surface area (Å²) in [6, 6.07) is 2.13. The van der Waals surface area contributed by atoms with Crippen LogP contribution in [0.25, 0.3) is 0 Å². The molecule has 2 heteroatoms. The topological polar surface area (TPSA) is 26.0 Å². The van der Waals surface area contributed by atoms with Crippen LogP contribution in [0.15, 0.2) is 6.07 Å². The molecule has 11 heavy (non-hydrogen) atoms. The van der Waals surface area contributed by atoms with E-state index in [2.05, 4.69) is 42.5 Å². The summed E-state index contributed by atoms with van der Waals surface area (Å²) in [5, 5.41) is 0. The van der Waals surface area contributed by atoms with Crippen molar-refractivity contribution in [2.24, 2.45) is 0 Å². The van der Waals surface area contributed by atoms with Crippen LogP contribution in [0, 0.1) is 24.3 Å². The fraction of sp³-hybridized carbons (Fsp3) is 0.333. The van der Waals surface area contributed by atoms with Crippen LogP contribution in [0.3, 0.4) is 0 Å². The second kappa shape index (κ2) is 3.01. The fourth-order valence-corrected chi connectivity index (χ4v) is 1.91. The lowest BCUT2D eigenvalue weighted by molar-refractivity contribution is 1.28. The molecule has 60 valence electrons. The van der Waals surface area contributed by atoms with Gasteiger partial charge in [0, 0.05) is 9.26 Å². The molecule has 0 aliphatic rings. The minimum Gasteiger partial charge on any atom is -0.398 e. The Morgan fingerprint density at radius 1 is 1.18 bits per heavy atom. The van der Waals surface area contributed by atoms with Gasteiger partial charge in [-0.05, 0) is 60.1 Å². The Kier molecular flexibility index (Phi) is 2.42. The first kappa shape index (κ1) is 8.84. The molecule has 0 spiro atoms. The summed E-state index contributed by atoms with van der Waals surface area (Å²) in [6.07, 6.45) is 0. The number of halogens is 1. The van der Waals surface area contributed by atoms with Crippen molar-refractivity contribution in [1.82, 2.24) is 0 Å². The lowest BCUT2D eigenvalue weighted by Gasteiger charge is -2.08. The summed E-state index contributed by atoms with van der Waals surface area (Å²) in [7, 11) is 0. The smallest absolute Gasteiger partial charge is 0.0482 e. The maximum Gasteiger partial charge on any atom is 0.0482 e. The van der Waals surface area contributed by atoms with E-state index in [1.807, 2.05) is 6.92 Å². The second-order valence-electron chi connectivity index (χ2n) is 2.86. The number of rotatable bonds is 0. The summed E-state index contributed by atoms with van der Waals surface area (Å²) in [5.74, 6) is 0. The Bertz CT molecular complexity index is 266. The molecule has 2 N–H and O–H groups in total. The Hall–Kier alpha value is -0.250. The lowest BCUT2D eigenvalue weighted by Crippen LogP contribution is -1.97. The lowest BCUT2D eigenvalue weighted by atomic mass is 10.1. The van der Waals surface area contributed by atoms with Crippen molar-refractivity contribution in [2.75, 3.05) is 5.73 Å². The van der Waals surface area contributed by atoms with Gasteiger partial charge in [0.25, 0.3) is 0 Å². The van der Waals surface area contributed by atoms with Gasteiger partial charge in [-0.2, -0.15) is 0 Å². The van der Waals surface area contributed by atoms with E-state index in [0.29, 0.717) is 0 Å². The van der Waals surface area contributed by atoms with Gasteiger partial charge in [-0.25, -0.2) is 0 Å². The van der Waals surface area contributed by atoms with Crippen LogP contribution in [0.4, 0.5) is 5.69 Å². The van der Waals surface area contributed by atoms with E-state index in [4.69, 9.17) is 5.73 Å². The molecular weight excluding hydrogens is 249 g/mol. The molecule has 0 saturated carbocycles. The standard InChI is InChI=1S/C9H12IN/c1-5-4-6(2)9(11)8(10)7(5)3/h4H,11H2,1-3H3. The molecule has 0 saturated heterocycles. The number of benzene rings is 1. The van der Waals surface area contributed by atoms with Crippen molar-refractivity contribution in [2.45, 2.75) is 20.8 Å². The number of anilines is 1. The predicted molar refractivity (Wildman–Crippen MR) is 57.8 cm³/mol. The Morgan fingerprint density at radius 2 is 1.73 bits per heavy atom. The normalized spacial score (nSPS) is 10.2. The zero-order valence-electron chi connectivity index (χ0n) is 7.03. The van der Waals surface area contributed by atoms with Crippen molar-refractivity contribution >= 4 is 28.3 Å². The van der Waals surface area contributed by atoms with Gasteiger partial charge in [-0.15, -0.1) is 0 Å². The zero-order valence-corrected chi connectivity index (χ0v) is 9.19. The molecule has 1 rings (SSSR count). The van der Waals surface area contributed by atoms with E-state index in [1.165, 1.54) is 20.3 Å². The van der Waals surface area contributed by atoms with Crippen LogP contribution in [0.5, 0.6) is 0 Å². The van der Waals surface area contributed by atoms with Gasteiger partial charge in [0.15, 0.2) is 0 Å². The van der Waals surface area contributed by atoms with Gasteiger partial charge in [0.2, 0.25) is 0 Å². The molecule has 0 aromatic heterocycles. The third-order valence-electron chi connectivity index (χ3n) is 2.02. The molecule has 0 amide bonds. The maximum absolute atomic E-state index is 5.84. The first-order valence-electron chi connectivity index (χ1n) is 3.56. The molecule has 0 fully saturated rings. The highest BCUT2D eigenvalue weighted by atomic mass is 127. The highest BCUT2D eigenvalue weighted by Gasteiger charge is 2.04. The maximum atomic E-state index is 5.84. The molecule has 0 unspecified atom stereocenters. The van der Waals surface area contributed by atoms with E-state index in [-0.39, 0.29) is 0 Å². The summed E-state index contributed by atoms with van der Waals surface area (Å²) in [6.45, 7) is 6.26. The molecule has 0 heterocycles. The quantitative estimate of drug-likeness (QED) is 0.564. The van der Waals surface area contributed by atoms with Gasteiger partial charge in [-0.1, -0.05) is 6.07 Å². The number of nitrogen functional groups attached to an aromatic ring is 1. The van der Waals surface area contributed by atoms with Crippen LogP contribution < -0.4 is 5.73 Å². The van der Waals surface area contributed by atoms with Crippen LogP contribution in [0.2, 0.25) is 0 Å². The number of nitrogens with two attached hydrogens (primary N) is 1. The largest absolute Gasteiger partial charge is 0.398 e. The van der Waals surface area contributed by atoms with Crippen molar-refractivity contribution in [3.63, 3.8) is 0 Å². The van der Waals surface area contributed by atoms with Gasteiger partial charge < -0.3 is 5.73 Å². The first-order valence-corrected chi connectivity index (χ1v) is 4.63. The zero-order chi connectivity index (χ0) is 8.59. The minimum atomic E-state index is 0.925.